The summed E-state index contributed by atoms with van der Waals surface area (Å²) >= 11 is 0. The van der Waals surface area contributed by atoms with Gasteiger partial charge >= 0.3 is 0 Å². The Morgan fingerprint density at radius 3 is 2.74 bits per heavy atom. The molecule has 5 rings (SSSR count). The molecule has 4 nitrogen and oxygen atoms in total. The maximum absolute atomic E-state index is 14.0. The van der Waals surface area contributed by atoms with Crippen molar-refractivity contribution in [2.45, 2.75) is 24.8 Å². The quantitative estimate of drug-likeness (QED) is 0.756. The summed E-state index contributed by atoms with van der Waals surface area (Å²) in [7, 11) is 0. The lowest BCUT2D eigenvalue weighted by Crippen LogP contribution is -2.35. The monoisotopic (exact) mass is 366 g/mol. The van der Waals surface area contributed by atoms with Gasteiger partial charge in [-0.25, -0.2) is 8.78 Å². The molecule has 2 bridgehead atoms. The van der Waals surface area contributed by atoms with E-state index in [0.29, 0.717) is 12.5 Å². The van der Waals surface area contributed by atoms with Crippen LogP contribution in [0.15, 0.2) is 47.3 Å². The minimum absolute atomic E-state index is 0.0225. The molecule has 1 aliphatic heterocycles. The first-order chi connectivity index (χ1) is 13.0. The number of pyridine rings is 1. The van der Waals surface area contributed by atoms with E-state index >= 15 is 0 Å². The van der Waals surface area contributed by atoms with Crippen molar-refractivity contribution < 1.29 is 13.6 Å². The van der Waals surface area contributed by atoms with Crippen LogP contribution < -0.4 is 5.56 Å². The van der Waals surface area contributed by atoms with Crippen LogP contribution in [0, 0.1) is 11.6 Å². The second-order valence-electron chi connectivity index (χ2n) is 7.25. The average Bonchev–Trinajstić information content (AvgIpc) is 3.26. The van der Waals surface area contributed by atoms with E-state index < -0.39 is 17.2 Å². The van der Waals surface area contributed by atoms with E-state index in [0.717, 1.165) is 12.5 Å². The maximum atomic E-state index is 14.0. The van der Waals surface area contributed by atoms with Crippen LogP contribution in [0.2, 0.25) is 0 Å². The number of benzene rings is 2. The summed E-state index contributed by atoms with van der Waals surface area (Å²) in [5.74, 6) is -1.85. The number of halogens is 2. The molecule has 136 valence electrons. The van der Waals surface area contributed by atoms with Crippen molar-refractivity contribution in [3.05, 3.63) is 81.1 Å². The van der Waals surface area contributed by atoms with Crippen molar-refractivity contribution in [2.24, 2.45) is 0 Å². The van der Waals surface area contributed by atoms with Crippen LogP contribution in [-0.4, -0.2) is 22.3 Å². The molecule has 1 amide bonds. The molecule has 0 spiro atoms. The van der Waals surface area contributed by atoms with Crippen molar-refractivity contribution in [3.8, 4) is 0 Å². The van der Waals surface area contributed by atoms with Gasteiger partial charge in [0.2, 0.25) is 5.91 Å². The predicted octanol–water partition coefficient (Wildman–Crippen LogP) is 3.42. The molecule has 3 aromatic rings. The number of likely N-dealkylation sites (tertiary alicyclic amines) is 1. The molecule has 0 radical (unpaired) electrons. The molecule has 2 atom stereocenters. The van der Waals surface area contributed by atoms with E-state index in [9.17, 15) is 18.4 Å². The van der Waals surface area contributed by atoms with E-state index in [-0.39, 0.29) is 34.8 Å². The summed E-state index contributed by atoms with van der Waals surface area (Å²) in [6.45, 7) is 0.634. The standard InChI is InChI=1S/C21H16F2N2O2/c22-16-5-6-17-15(20(16)23)7-11(21(27)24-17)9-19(26)25-10-12-8-18(25)14-4-2-1-3-13(12)14/h1-7,12,18H,8-10H2,(H,24,27). The lowest BCUT2D eigenvalue weighted by Gasteiger charge is -2.29. The summed E-state index contributed by atoms with van der Waals surface area (Å²) in [5, 5.41) is -0.0225. The molecule has 2 aromatic carbocycles. The molecule has 6 heteroatoms. The smallest absolute Gasteiger partial charge is 0.252 e. The van der Waals surface area contributed by atoms with E-state index in [2.05, 4.69) is 11.1 Å². The highest BCUT2D eigenvalue weighted by molar-refractivity contribution is 5.84. The lowest BCUT2D eigenvalue weighted by molar-refractivity contribution is -0.131. The number of hydrogen-bond acceptors (Lipinski definition) is 2. The van der Waals surface area contributed by atoms with Crippen molar-refractivity contribution in [3.63, 3.8) is 0 Å². The molecule has 1 fully saturated rings. The Hall–Kier alpha value is -3.02. The van der Waals surface area contributed by atoms with Gasteiger partial charge in [0.25, 0.3) is 5.56 Å². The molecular formula is C21H16F2N2O2. The average molecular weight is 366 g/mol. The highest BCUT2D eigenvalue weighted by atomic mass is 19.2. The van der Waals surface area contributed by atoms with Crippen LogP contribution in [0.4, 0.5) is 8.78 Å². The van der Waals surface area contributed by atoms with Gasteiger partial charge in [-0.1, -0.05) is 24.3 Å². The number of aromatic amines is 1. The van der Waals surface area contributed by atoms with Gasteiger partial charge in [0.05, 0.1) is 18.0 Å². The number of amides is 1. The number of fused-ring (bicyclic) bond motifs is 6. The zero-order valence-electron chi connectivity index (χ0n) is 14.3. The predicted molar refractivity (Wildman–Crippen MR) is 96.4 cm³/mol. The molecule has 1 saturated heterocycles. The Morgan fingerprint density at radius 2 is 1.93 bits per heavy atom. The van der Waals surface area contributed by atoms with Gasteiger partial charge in [0.15, 0.2) is 11.6 Å². The second-order valence-corrected chi connectivity index (χ2v) is 7.25. The van der Waals surface area contributed by atoms with Crippen molar-refractivity contribution in [1.82, 2.24) is 9.88 Å². The first-order valence-electron chi connectivity index (χ1n) is 8.91. The Balaban J connectivity index is 1.46. The molecule has 2 aliphatic rings. The Kier molecular flexibility index (Phi) is 3.44. The normalized spacial score (nSPS) is 20.3. The van der Waals surface area contributed by atoms with Crippen molar-refractivity contribution in [2.75, 3.05) is 6.54 Å². The number of nitrogens with one attached hydrogen (secondary N) is 1. The maximum Gasteiger partial charge on any atom is 0.252 e. The zero-order valence-corrected chi connectivity index (χ0v) is 14.3. The van der Waals surface area contributed by atoms with Gasteiger partial charge in [-0.05, 0) is 35.7 Å². The van der Waals surface area contributed by atoms with Crippen LogP contribution in [0.3, 0.4) is 0 Å². The number of hydrogen-bond donors (Lipinski definition) is 1. The fraction of sp³-hybridized carbons (Fsp3) is 0.238. The first-order valence-corrected chi connectivity index (χ1v) is 8.91. The van der Waals surface area contributed by atoms with Gasteiger partial charge in [-0.15, -0.1) is 0 Å². The lowest BCUT2D eigenvalue weighted by atomic mass is 9.99. The SMILES string of the molecule is O=C(Cc1cc2c(F)c(F)ccc2[nH]c1=O)N1CC2CC1c1ccccc12. The summed E-state index contributed by atoms with van der Waals surface area (Å²) in [5.41, 5.74) is 2.37. The molecule has 0 saturated carbocycles. The first kappa shape index (κ1) is 16.2. The third-order valence-corrected chi connectivity index (χ3v) is 5.75. The topological polar surface area (TPSA) is 53.2 Å². The molecule has 2 unspecified atom stereocenters. The third kappa shape index (κ3) is 2.40. The highest BCUT2D eigenvalue weighted by Gasteiger charge is 2.44. The molecule has 2 heterocycles. The zero-order chi connectivity index (χ0) is 18.7. The number of carbonyl (C=O) groups excluding carboxylic acids is 1. The van der Waals surface area contributed by atoms with Crippen LogP contribution >= 0.6 is 0 Å². The summed E-state index contributed by atoms with van der Waals surface area (Å²) < 4.78 is 27.5. The van der Waals surface area contributed by atoms with Gasteiger partial charge in [-0.2, -0.15) is 0 Å². The minimum Gasteiger partial charge on any atom is -0.335 e. The summed E-state index contributed by atoms with van der Waals surface area (Å²) in [6.07, 6.45) is 0.769. The number of H-pyrrole nitrogens is 1. The van der Waals surface area contributed by atoms with Crippen LogP contribution in [0.5, 0.6) is 0 Å². The Labute approximate surface area is 153 Å². The highest BCUT2D eigenvalue weighted by Crippen LogP contribution is 2.50. The third-order valence-electron chi connectivity index (χ3n) is 5.75. The second kappa shape index (κ2) is 5.74. The van der Waals surface area contributed by atoms with Crippen LogP contribution in [0.1, 0.15) is 35.1 Å². The molecular weight excluding hydrogens is 350 g/mol. The fourth-order valence-corrected chi connectivity index (χ4v) is 4.47. The minimum atomic E-state index is -1.02. The molecule has 1 aromatic heterocycles. The molecule has 27 heavy (non-hydrogen) atoms. The Morgan fingerprint density at radius 1 is 1.15 bits per heavy atom. The summed E-state index contributed by atoms with van der Waals surface area (Å²) in [6, 6.07) is 11.7. The van der Waals surface area contributed by atoms with Gasteiger partial charge in [0, 0.05) is 23.4 Å². The van der Waals surface area contributed by atoms with E-state index in [1.165, 1.54) is 23.3 Å². The van der Waals surface area contributed by atoms with E-state index in [1.54, 1.807) is 4.90 Å². The van der Waals surface area contributed by atoms with E-state index in [1.807, 2.05) is 18.2 Å². The van der Waals surface area contributed by atoms with Gasteiger partial charge < -0.3 is 9.88 Å². The fourth-order valence-electron chi connectivity index (χ4n) is 4.47. The van der Waals surface area contributed by atoms with E-state index in [4.69, 9.17) is 0 Å². The largest absolute Gasteiger partial charge is 0.335 e. The van der Waals surface area contributed by atoms with Crippen LogP contribution in [-0.2, 0) is 11.2 Å². The number of rotatable bonds is 2. The van der Waals surface area contributed by atoms with Gasteiger partial charge in [-0.3, -0.25) is 9.59 Å². The summed E-state index contributed by atoms with van der Waals surface area (Å²) in [4.78, 5) is 29.5. The van der Waals surface area contributed by atoms with Crippen molar-refractivity contribution >= 4 is 16.8 Å². The van der Waals surface area contributed by atoms with Gasteiger partial charge in [0.1, 0.15) is 0 Å². The van der Waals surface area contributed by atoms with Crippen molar-refractivity contribution in [1.29, 1.82) is 0 Å². The molecule has 1 aliphatic carbocycles. The number of carbonyl (C=O) groups is 1. The molecule has 1 N–H and O–H groups in total. The van der Waals surface area contributed by atoms with Crippen LogP contribution in [0.25, 0.3) is 10.9 Å². The number of aromatic nitrogens is 1. The number of nitrogens with zero attached hydrogens (tertiary/aromatic N) is 1. The Bertz CT molecular complexity index is 1150.